The van der Waals surface area contributed by atoms with Crippen LogP contribution in [0.2, 0.25) is 9.36 Å². The minimum atomic E-state index is -0.416. The summed E-state index contributed by atoms with van der Waals surface area (Å²) in [7, 11) is 0. The zero-order chi connectivity index (χ0) is 20.8. The standard InChI is InChI=1S/C21H23Cl3N2O2S.ClH/c1-2-3-12-28-20(15-4-6-16(22)7-5-15)21(24)26-11-10-25(14-26)13-17(27)18-8-9-19(23)29-18;/h4-11,20-21H,2-3,12-14H2,1H3;1H. The predicted octanol–water partition coefficient (Wildman–Crippen LogP) is 6.83. The van der Waals surface area contributed by atoms with Gasteiger partial charge in [-0.2, -0.15) is 0 Å². The van der Waals surface area contributed by atoms with Crippen molar-refractivity contribution < 1.29 is 9.53 Å². The third kappa shape index (κ3) is 6.78. The second-order valence-electron chi connectivity index (χ2n) is 6.80. The van der Waals surface area contributed by atoms with Crippen molar-refractivity contribution in [1.29, 1.82) is 0 Å². The summed E-state index contributed by atoms with van der Waals surface area (Å²) in [6.07, 6.45) is 5.49. The number of thiophene rings is 1. The Morgan fingerprint density at radius 2 is 1.90 bits per heavy atom. The van der Waals surface area contributed by atoms with Gasteiger partial charge in [-0.05, 0) is 36.2 Å². The third-order valence-corrected chi connectivity index (χ3v) is 6.57. The number of benzene rings is 1. The lowest BCUT2D eigenvalue weighted by atomic mass is 10.1. The third-order valence-electron chi connectivity index (χ3n) is 4.57. The first-order valence-corrected chi connectivity index (χ1v) is 11.5. The second kappa shape index (κ2) is 12.2. The summed E-state index contributed by atoms with van der Waals surface area (Å²) < 4.78 is 6.74. The molecule has 0 amide bonds. The van der Waals surface area contributed by atoms with Gasteiger partial charge in [0.05, 0.1) is 22.4 Å². The van der Waals surface area contributed by atoms with Gasteiger partial charge in [-0.3, -0.25) is 4.79 Å². The number of ether oxygens (including phenoxy) is 1. The van der Waals surface area contributed by atoms with Crippen LogP contribution in [0, 0.1) is 0 Å². The minimum Gasteiger partial charge on any atom is -0.370 e. The lowest BCUT2D eigenvalue weighted by Crippen LogP contribution is -2.37. The molecule has 0 radical (unpaired) electrons. The number of rotatable bonds is 10. The van der Waals surface area contributed by atoms with Crippen LogP contribution in [0.1, 0.15) is 41.1 Å². The van der Waals surface area contributed by atoms with E-state index in [1.165, 1.54) is 11.3 Å². The molecule has 2 unspecified atom stereocenters. The van der Waals surface area contributed by atoms with Gasteiger partial charge in [-0.15, -0.1) is 23.7 Å². The highest BCUT2D eigenvalue weighted by molar-refractivity contribution is 7.18. The topological polar surface area (TPSA) is 32.8 Å². The van der Waals surface area contributed by atoms with Crippen molar-refractivity contribution >= 4 is 64.3 Å². The van der Waals surface area contributed by atoms with Crippen LogP contribution in [0.5, 0.6) is 0 Å². The van der Waals surface area contributed by atoms with Crippen LogP contribution in [-0.4, -0.2) is 40.9 Å². The van der Waals surface area contributed by atoms with Crippen molar-refractivity contribution in [2.45, 2.75) is 31.4 Å². The fraction of sp³-hybridized carbons (Fsp3) is 0.381. The number of Topliss-reactive ketones (excluding diaryl/α,β-unsaturated/α-hetero) is 1. The molecule has 2 atom stereocenters. The van der Waals surface area contributed by atoms with Gasteiger partial charge in [-0.1, -0.05) is 60.3 Å². The molecule has 30 heavy (non-hydrogen) atoms. The maximum atomic E-state index is 12.4. The van der Waals surface area contributed by atoms with Gasteiger partial charge in [0.25, 0.3) is 0 Å². The molecule has 2 heterocycles. The van der Waals surface area contributed by atoms with Gasteiger partial charge >= 0.3 is 0 Å². The normalized spacial score (nSPS) is 15.2. The first-order chi connectivity index (χ1) is 14.0. The Kier molecular flexibility index (Phi) is 10.3. The average Bonchev–Trinajstić information content (AvgIpc) is 3.35. The summed E-state index contributed by atoms with van der Waals surface area (Å²) in [5, 5.41) is 0.673. The van der Waals surface area contributed by atoms with E-state index < -0.39 is 5.50 Å². The van der Waals surface area contributed by atoms with Crippen LogP contribution in [0.25, 0.3) is 0 Å². The van der Waals surface area contributed by atoms with Crippen LogP contribution in [0.3, 0.4) is 0 Å². The monoisotopic (exact) mass is 508 g/mol. The van der Waals surface area contributed by atoms with Gasteiger partial charge < -0.3 is 14.5 Å². The molecule has 2 aromatic rings. The lowest BCUT2D eigenvalue weighted by Gasteiger charge is -2.31. The maximum Gasteiger partial charge on any atom is 0.192 e. The molecule has 9 heteroatoms. The van der Waals surface area contributed by atoms with E-state index in [1.807, 2.05) is 46.5 Å². The molecular formula is C21H24Cl4N2O2S. The Bertz CT molecular complexity index is 844. The van der Waals surface area contributed by atoms with Gasteiger partial charge in [0.15, 0.2) is 5.78 Å². The number of carbonyl (C=O) groups is 1. The van der Waals surface area contributed by atoms with E-state index >= 15 is 0 Å². The molecule has 1 aromatic heterocycles. The zero-order valence-electron chi connectivity index (χ0n) is 16.5. The van der Waals surface area contributed by atoms with Crippen LogP contribution in [0.15, 0.2) is 48.8 Å². The number of hydrogen-bond acceptors (Lipinski definition) is 5. The van der Waals surface area contributed by atoms with Gasteiger partial charge in [-0.25, -0.2) is 0 Å². The highest BCUT2D eigenvalue weighted by Gasteiger charge is 2.30. The predicted molar refractivity (Wildman–Crippen MR) is 128 cm³/mol. The number of alkyl halides is 1. The number of ketones is 1. The summed E-state index contributed by atoms with van der Waals surface area (Å²) in [6.45, 7) is 3.54. The molecule has 1 aliphatic rings. The van der Waals surface area contributed by atoms with Crippen molar-refractivity contribution in [3.63, 3.8) is 0 Å². The molecule has 0 spiro atoms. The highest BCUT2D eigenvalue weighted by Crippen LogP contribution is 2.31. The minimum absolute atomic E-state index is 0. The Morgan fingerprint density at radius 3 is 2.53 bits per heavy atom. The Morgan fingerprint density at radius 1 is 1.17 bits per heavy atom. The van der Waals surface area contributed by atoms with Gasteiger partial charge in [0.2, 0.25) is 0 Å². The summed E-state index contributed by atoms with van der Waals surface area (Å²) >= 11 is 20.1. The van der Waals surface area contributed by atoms with Crippen LogP contribution < -0.4 is 0 Å². The molecule has 0 saturated carbocycles. The van der Waals surface area contributed by atoms with E-state index in [2.05, 4.69) is 6.92 Å². The smallest absolute Gasteiger partial charge is 0.192 e. The molecule has 3 rings (SSSR count). The number of hydrogen-bond donors (Lipinski definition) is 0. The average molecular weight is 510 g/mol. The van der Waals surface area contributed by atoms with Gasteiger partial charge in [0.1, 0.15) is 11.6 Å². The molecule has 0 N–H and O–H groups in total. The fourth-order valence-corrected chi connectivity index (χ4v) is 4.43. The van der Waals surface area contributed by atoms with E-state index in [0.29, 0.717) is 27.5 Å². The molecule has 1 aromatic carbocycles. The summed E-state index contributed by atoms with van der Waals surface area (Å²) in [4.78, 5) is 17.0. The molecule has 4 nitrogen and oxygen atoms in total. The molecule has 0 saturated heterocycles. The molecule has 164 valence electrons. The van der Waals surface area contributed by atoms with E-state index in [1.54, 1.807) is 12.1 Å². The fourth-order valence-electron chi connectivity index (χ4n) is 2.99. The van der Waals surface area contributed by atoms with Crippen LogP contribution >= 0.6 is 58.5 Å². The number of halogens is 4. The van der Waals surface area contributed by atoms with Crippen molar-refractivity contribution in [3.05, 3.63) is 68.6 Å². The molecular weight excluding hydrogens is 486 g/mol. The van der Waals surface area contributed by atoms with Crippen molar-refractivity contribution in [2.24, 2.45) is 0 Å². The summed E-state index contributed by atoms with van der Waals surface area (Å²) in [5.41, 5.74) is 0.558. The summed E-state index contributed by atoms with van der Waals surface area (Å²) in [6, 6.07) is 11.1. The van der Waals surface area contributed by atoms with E-state index in [0.717, 1.165) is 18.4 Å². The Balaban J connectivity index is 0.00000320. The lowest BCUT2D eigenvalue weighted by molar-refractivity contribution is 0.0164. The largest absolute Gasteiger partial charge is 0.370 e. The van der Waals surface area contributed by atoms with E-state index in [-0.39, 0.29) is 30.8 Å². The van der Waals surface area contributed by atoms with Crippen LogP contribution in [-0.2, 0) is 4.74 Å². The second-order valence-corrected chi connectivity index (χ2v) is 9.40. The maximum absolute atomic E-state index is 12.4. The molecule has 0 bridgehead atoms. The molecule has 1 aliphatic heterocycles. The molecule has 0 aliphatic carbocycles. The number of unbranched alkanes of at least 4 members (excludes halogenated alkanes) is 1. The number of nitrogens with zero attached hydrogens (tertiary/aromatic N) is 2. The van der Waals surface area contributed by atoms with E-state index in [9.17, 15) is 4.79 Å². The van der Waals surface area contributed by atoms with Crippen molar-refractivity contribution in [3.8, 4) is 0 Å². The first-order valence-electron chi connectivity index (χ1n) is 9.45. The van der Waals surface area contributed by atoms with Crippen molar-refractivity contribution in [1.82, 2.24) is 9.80 Å². The quantitative estimate of drug-likeness (QED) is 0.152. The van der Waals surface area contributed by atoms with Crippen LogP contribution in [0.4, 0.5) is 0 Å². The zero-order valence-corrected chi connectivity index (χ0v) is 20.4. The Labute approximate surface area is 202 Å². The molecule has 0 fully saturated rings. The highest BCUT2D eigenvalue weighted by atomic mass is 35.5. The van der Waals surface area contributed by atoms with E-state index in [4.69, 9.17) is 39.5 Å². The first kappa shape index (κ1) is 25.3. The number of carbonyl (C=O) groups excluding carboxylic acids is 1. The van der Waals surface area contributed by atoms with Crippen molar-refractivity contribution in [2.75, 3.05) is 19.8 Å². The summed E-state index contributed by atoms with van der Waals surface area (Å²) in [5.74, 6) is 0.0352. The Hall–Kier alpha value is -0.950. The SMILES string of the molecule is CCCCOC(c1ccc(Cl)cc1)C(Cl)N1C=CN(CC(=O)c2ccc(Cl)s2)C1.Cl. The van der Waals surface area contributed by atoms with Gasteiger partial charge in [0, 0.05) is 24.0 Å².